The maximum absolute atomic E-state index is 7.92. The highest BCUT2D eigenvalue weighted by Crippen LogP contribution is 2.04. The molecule has 2 heteroatoms. The van der Waals surface area contributed by atoms with Crippen molar-refractivity contribution in [3.8, 4) is 0 Å². The Morgan fingerprint density at radius 2 is 1.92 bits per heavy atom. The summed E-state index contributed by atoms with van der Waals surface area (Å²) in [5.41, 5.74) is 0.568. The van der Waals surface area contributed by atoms with Crippen LogP contribution < -0.4 is 5.32 Å². The van der Waals surface area contributed by atoms with E-state index in [1.54, 1.807) is 35.6 Å². The monoisotopic (exact) mass is 184 g/mol. The van der Waals surface area contributed by atoms with Crippen molar-refractivity contribution >= 4 is 0 Å². The zero-order valence-electron chi connectivity index (χ0n) is 15.0. The molecule has 0 bridgehead atoms. The normalized spacial score (nSPS) is 43.4. The number of hydrogen-bond donors (Lipinski definition) is 1. The maximum Gasteiger partial charge on any atom is 0.0444 e. The lowest BCUT2D eigenvalue weighted by atomic mass is 10.2. The van der Waals surface area contributed by atoms with Gasteiger partial charge in [-0.25, -0.2) is 0 Å². The lowest BCUT2D eigenvalue weighted by Gasteiger charge is -2.27. The molecule has 0 spiro atoms. The lowest BCUT2D eigenvalue weighted by molar-refractivity contribution is 0.233. The summed E-state index contributed by atoms with van der Waals surface area (Å²) in [7, 11) is 0. The van der Waals surface area contributed by atoms with Crippen LogP contribution in [0.15, 0.2) is 30.3 Å². The summed E-state index contributed by atoms with van der Waals surface area (Å²) in [5.74, 6) is 0. The Morgan fingerprint density at radius 3 is 2.62 bits per heavy atom. The molecule has 1 aromatic rings. The summed E-state index contributed by atoms with van der Waals surface area (Å²) >= 11 is 0. The molecule has 1 fully saturated rings. The summed E-state index contributed by atoms with van der Waals surface area (Å²) in [6.07, 6.45) is 0. The average Bonchev–Trinajstić information content (AvgIpc) is 2.34. The fourth-order valence-corrected chi connectivity index (χ4v) is 1.10. The van der Waals surface area contributed by atoms with E-state index in [4.69, 9.17) is 11.0 Å². The van der Waals surface area contributed by atoms with E-state index >= 15 is 0 Å². The fraction of sp³-hybridized carbons (Fsp3) is 0.455. The van der Waals surface area contributed by atoms with Gasteiger partial charge in [0, 0.05) is 43.5 Å². The summed E-state index contributed by atoms with van der Waals surface area (Å²) in [6.45, 7) is -11.2. The van der Waals surface area contributed by atoms with Crippen molar-refractivity contribution in [1.82, 2.24) is 10.2 Å². The highest BCUT2D eigenvalue weighted by atomic mass is 15.2. The highest BCUT2D eigenvalue weighted by Gasteiger charge is 2.08. The van der Waals surface area contributed by atoms with E-state index in [-0.39, 0.29) is 6.54 Å². The molecular formula is C11H16N2. The van der Waals surface area contributed by atoms with E-state index in [9.17, 15) is 0 Å². The van der Waals surface area contributed by atoms with Gasteiger partial charge in [-0.15, -0.1) is 0 Å². The second kappa shape index (κ2) is 4.40. The third kappa shape index (κ3) is 2.54. The summed E-state index contributed by atoms with van der Waals surface area (Å²) in [6, 6.07) is 8.46. The van der Waals surface area contributed by atoms with Gasteiger partial charge in [-0.3, -0.25) is 4.90 Å². The van der Waals surface area contributed by atoms with Gasteiger partial charge in [-0.05, 0) is 5.56 Å². The zero-order valence-corrected chi connectivity index (χ0v) is 7.04. The molecule has 1 aromatic carbocycles. The van der Waals surface area contributed by atoms with Crippen molar-refractivity contribution in [3.63, 3.8) is 0 Å². The molecule has 1 saturated heterocycles. The first-order valence-electron chi connectivity index (χ1n) is 8.03. The van der Waals surface area contributed by atoms with Crippen molar-refractivity contribution in [1.29, 1.82) is 0 Å². The number of hydrogen-bond acceptors (Lipinski definition) is 2. The van der Waals surface area contributed by atoms with Gasteiger partial charge in [0.2, 0.25) is 0 Å². The van der Waals surface area contributed by atoms with Crippen LogP contribution in [0.4, 0.5) is 0 Å². The standard InChI is InChI=1S/C11H16N2/c1-2-4-11(5-3-1)10-13-8-6-12-7-9-13/h1-5,12H,6-10H2/i6D2,7D2,8D2,9D2. The summed E-state index contributed by atoms with van der Waals surface area (Å²) in [5, 5.41) is 1.80. The third-order valence-corrected chi connectivity index (χ3v) is 1.69. The fourth-order valence-electron chi connectivity index (χ4n) is 1.10. The van der Waals surface area contributed by atoms with Gasteiger partial charge in [-0.2, -0.15) is 0 Å². The first-order chi connectivity index (χ1) is 9.42. The predicted molar refractivity (Wildman–Crippen MR) is 54.6 cm³/mol. The largest absolute Gasteiger partial charge is 0.314 e. The number of rotatable bonds is 2. The average molecular weight is 184 g/mol. The molecule has 1 aliphatic heterocycles. The molecule has 2 nitrogen and oxygen atoms in total. The Morgan fingerprint density at radius 1 is 1.23 bits per heavy atom. The van der Waals surface area contributed by atoms with Gasteiger partial charge in [0.05, 0.1) is 0 Å². The van der Waals surface area contributed by atoms with E-state index in [1.165, 1.54) is 0 Å². The topological polar surface area (TPSA) is 15.3 Å². The lowest BCUT2D eigenvalue weighted by Crippen LogP contribution is -2.42. The molecule has 0 aromatic heterocycles. The molecule has 13 heavy (non-hydrogen) atoms. The van der Waals surface area contributed by atoms with E-state index in [0.29, 0.717) is 10.5 Å². The van der Waals surface area contributed by atoms with Gasteiger partial charge < -0.3 is 5.32 Å². The van der Waals surface area contributed by atoms with Crippen LogP contribution in [0, 0.1) is 0 Å². The minimum absolute atomic E-state index is 0.248. The number of piperazine rings is 1. The van der Waals surface area contributed by atoms with E-state index in [1.807, 2.05) is 0 Å². The molecule has 1 heterocycles. The Balaban J connectivity index is 2.47. The highest BCUT2D eigenvalue weighted by molar-refractivity contribution is 5.14. The van der Waals surface area contributed by atoms with Gasteiger partial charge in [0.25, 0.3) is 0 Å². The first-order valence-corrected chi connectivity index (χ1v) is 4.03. The number of nitrogens with one attached hydrogen (secondary N) is 1. The van der Waals surface area contributed by atoms with Gasteiger partial charge >= 0.3 is 0 Å². The maximum atomic E-state index is 7.92. The van der Waals surface area contributed by atoms with Crippen molar-refractivity contribution in [2.75, 3.05) is 26.0 Å². The molecule has 2 rings (SSSR count). The van der Waals surface area contributed by atoms with Crippen molar-refractivity contribution in [2.45, 2.75) is 6.54 Å². The second-order valence-corrected chi connectivity index (χ2v) is 2.67. The quantitative estimate of drug-likeness (QED) is 0.740. The van der Waals surface area contributed by atoms with Crippen LogP contribution in [0.1, 0.15) is 16.5 Å². The summed E-state index contributed by atoms with van der Waals surface area (Å²) in [4.78, 5) is 0.589. The minimum atomic E-state index is -2.74. The smallest absolute Gasteiger partial charge is 0.0444 e. The Labute approximate surface area is 90.8 Å². The van der Waals surface area contributed by atoms with Crippen LogP contribution in [0.25, 0.3) is 0 Å². The minimum Gasteiger partial charge on any atom is -0.314 e. The zero-order chi connectivity index (χ0) is 16.1. The van der Waals surface area contributed by atoms with Gasteiger partial charge in [0.1, 0.15) is 0 Å². The Hall–Kier alpha value is -0.860. The van der Waals surface area contributed by atoms with Crippen LogP contribution in [0.3, 0.4) is 0 Å². The predicted octanol–water partition coefficient (Wildman–Crippen LogP) is 1.09. The molecular weight excluding hydrogens is 160 g/mol. The van der Waals surface area contributed by atoms with Crippen molar-refractivity contribution in [2.24, 2.45) is 0 Å². The third-order valence-electron chi connectivity index (χ3n) is 1.69. The van der Waals surface area contributed by atoms with Crippen LogP contribution in [0.2, 0.25) is 0 Å². The number of benzene rings is 1. The summed E-state index contributed by atoms with van der Waals surface area (Å²) < 4.78 is 62.4. The second-order valence-electron chi connectivity index (χ2n) is 2.67. The van der Waals surface area contributed by atoms with Crippen LogP contribution >= 0.6 is 0 Å². The Bertz CT molecular complexity index is 490. The molecule has 0 amide bonds. The van der Waals surface area contributed by atoms with Gasteiger partial charge in [0.15, 0.2) is 0 Å². The Kier molecular flexibility index (Phi) is 1.14. The molecule has 0 radical (unpaired) electrons. The van der Waals surface area contributed by atoms with E-state index < -0.39 is 26.0 Å². The van der Waals surface area contributed by atoms with Gasteiger partial charge in [-0.1, -0.05) is 30.3 Å². The molecule has 0 saturated carbocycles. The molecule has 0 unspecified atom stereocenters. The van der Waals surface area contributed by atoms with Crippen molar-refractivity contribution < 1.29 is 11.0 Å². The molecule has 0 aliphatic carbocycles. The molecule has 0 atom stereocenters. The van der Waals surface area contributed by atoms with Crippen LogP contribution in [0.5, 0.6) is 0 Å². The first kappa shape index (κ1) is 3.37. The molecule has 70 valence electrons. The van der Waals surface area contributed by atoms with E-state index in [2.05, 4.69) is 0 Å². The SMILES string of the molecule is [2H]C1([2H])NC([2H])([2H])C([2H])([2H])N(Cc2ccccc2)C1([2H])[2H]. The van der Waals surface area contributed by atoms with Crippen LogP contribution in [-0.2, 0) is 6.54 Å². The van der Waals surface area contributed by atoms with Crippen molar-refractivity contribution in [3.05, 3.63) is 35.9 Å². The molecule has 1 aliphatic rings. The number of nitrogens with zero attached hydrogens (tertiary/aromatic N) is 1. The van der Waals surface area contributed by atoms with Crippen LogP contribution in [-0.4, -0.2) is 30.9 Å². The molecule has 1 N–H and O–H groups in total. The van der Waals surface area contributed by atoms with E-state index in [0.717, 1.165) is 0 Å².